The molecule has 0 bridgehead atoms. The van der Waals surface area contributed by atoms with Crippen LogP contribution in [-0.2, 0) is 11.8 Å². The highest BCUT2D eigenvalue weighted by Gasteiger charge is 2.49. The van der Waals surface area contributed by atoms with E-state index in [4.69, 9.17) is 0 Å². The highest BCUT2D eigenvalue weighted by molar-refractivity contribution is 5.41. The summed E-state index contributed by atoms with van der Waals surface area (Å²) in [6.45, 7) is 9.77. The van der Waals surface area contributed by atoms with Crippen LogP contribution in [0.25, 0.3) is 0 Å². The molecule has 0 radical (unpaired) electrons. The summed E-state index contributed by atoms with van der Waals surface area (Å²) in [4.78, 5) is 0. The number of hydrogen-bond donors (Lipinski definition) is 0. The summed E-state index contributed by atoms with van der Waals surface area (Å²) in [6.07, 6.45) is 6.87. The molecule has 1 aromatic rings. The van der Waals surface area contributed by atoms with Crippen molar-refractivity contribution in [2.45, 2.75) is 65.2 Å². The average Bonchev–Trinajstić information content (AvgIpc) is 2.29. The maximum atomic E-state index is 2.54. The van der Waals surface area contributed by atoms with E-state index in [1.54, 1.807) is 11.1 Å². The lowest BCUT2D eigenvalue weighted by molar-refractivity contribution is 0.0407. The minimum Gasteiger partial charge on any atom is -0.0596 e. The van der Waals surface area contributed by atoms with E-state index >= 15 is 0 Å². The molecule has 0 unspecified atom stereocenters. The van der Waals surface area contributed by atoms with Crippen molar-refractivity contribution in [3.63, 3.8) is 0 Å². The SMILES string of the molecule is Cc1ccc2c(c1)[C@]1(C)CCCC(C)(C)[C@H]1CC2. The third kappa shape index (κ3) is 1.65. The standard InChI is InChI=1S/C18H26/c1-13-6-7-14-8-9-16-17(2,3)10-5-11-18(16,4)15(14)12-13/h6-7,12,16H,5,8-11H2,1-4H3/t16-,18+/m1/s1. The van der Waals surface area contributed by atoms with E-state index in [0.29, 0.717) is 10.8 Å². The van der Waals surface area contributed by atoms with Crippen molar-refractivity contribution in [2.75, 3.05) is 0 Å². The molecule has 98 valence electrons. The van der Waals surface area contributed by atoms with E-state index in [1.165, 1.54) is 37.7 Å². The molecule has 0 saturated heterocycles. The quantitative estimate of drug-likeness (QED) is 0.599. The van der Waals surface area contributed by atoms with Crippen LogP contribution in [0.3, 0.4) is 0 Å². The zero-order chi connectivity index (χ0) is 13.0. The fraction of sp³-hybridized carbons (Fsp3) is 0.667. The predicted molar refractivity (Wildman–Crippen MR) is 78.0 cm³/mol. The Kier molecular flexibility index (Phi) is 2.63. The minimum atomic E-state index is 0.432. The molecule has 0 heteroatoms. The highest BCUT2D eigenvalue weighted by atomic mass is 14.5. The summed E-state index contributed by atoms with van der Waals surface area (Å²) >= 11 is 0. The van der Waals surface area contributed by atoms with Gasteiger partial charge in [0.05, 0.1) is 0 Å². The van der Waals surface area contributed by atoms with Gasteiger partial charge in [-0.25, -0.2) is 0 Å². The van der Waals surface area contributed by atoms with Crippen molar-refractivity contribution in [1.29, 1.82) is 0 Å². The minimum absolute atomic E-state index is 0.432. The van der Waals surface area contributed by atoms with Crippen molar-refractivity contribution < 1.29 is 0 Å². The summed E-state index contributed by atoms with van der Waals surface area (Å²) in [7, 11) is 0. The van der Waals surface area contributed by atoms with Crippen LogP contribution in [0.1, 0.15) is 63.1 Å². The average molecular weight is 242 g/mol. The first kappa shape index (κ1) is 12.3. The monoisotopic (exact) mass is 242 g/mol. The van der Waals surface area contributed by atoms with Crippen LogP contribution in [-0.4, -0.2) is 0 Å². The number of hydrogen-bond acceptors (Lipinski definition) is 0. The van der Waals surface area contributed by atoms with Gasteiger partial charge >= 0.3 is 0 Å². The van der Waals surface area contributed by atoms with Gasteiger partial charge in [0.1, 0.15) is 0 Å². The molecule has 3 rings (SSSR count). The second kappa shape index (κ2) is 3.85. The van der Waals surface area contributed by atoms with E-state index in [-0.39, 0.29) is 0 Å². The molecule has 1 fully saturated rings. The van der Waals surface area contributed by atoms with Gasteiger partial charge in [-0.1, -0.05) is 51.0 Å². The van der Waals surface area contributed by atoms with Crippen LogP contribution >= 0.6 is 0 Å². The normalized spacial score (nSPS) is 33.7. The molecule has 1 saturated carbocycles. The number of aryl methyl sites for hydroxylation is 2. The largest absolute Gasteiger partial charge is 0.0596 e. The van der Waals surface area contributed by atoms with E-state index in [9.17, 15) is 0 Å². The molecule has 2 aliphatic carbocycles. The molecule has 18 heavy (non-hydrogen) atoms. The van der Waals surface area contributed by atoms with Gasteiger partial charge < -0.3 is 0 Å². The smallest absolute Gasteiger partial charge is 0.00390 e. The van der Waals surface area contributed by atoms with Crippen molar-refractivity contribution in [3.8, 4) is 0 Å². The lowest BCUT2D eigenvalue weighted by Crippen LogP contribution is -2.47. The summed E-state index contributed by atoms with van der Waals surface area (Å²) < 4.78 is 0. The summed E-state index contributed by atoms with van der Waals surface area (Å²) in [5, 5.41) is 0. The van der Waals surface area contributed by atoms with E-state index in [0.717, 1.165) is 5.92 Å². The Morgan fingerprint density at radius 3 is 2.67 bits per heavy atom. The van der Waals surface area contributed by atoms with Gasteiger partial charge in [-0.2, -0.15) is 0 Å². The van der Waals surface area contributed by atoms with E-state index < -0.39 is 0 Å². The Bertz CT molecular complexity index is 469. The lowest BCUT2D eigenvalue weighted by Gasteiger charge is -2.54. The van der Waals surface area contributed by atoms with Crippen molar-refractivity contribution >= 4 is 0 Å². The van der Waals surface area contributed by atoms with Gasteiger partial charge in [-0.3, -0.25) is 0 Å². The Hall–Kier alpha value is -0.780. The molecule has 1 aromatic carbocycles. The first-order chi connectivity index (χ1) is 8.43. The molecule has 2 aliphatic rings. The molecule has 0 aliphatic heterocycles. The Labute approximate surface area is 112 Å². The first-order valence-electron chi connectivity index (χ1n) is 7.53. The summed E-state index contributed by atoms with van der Waals surface area (Å²) in [5.41, 5.74) is 5.68. The Morgan fingerprint density at radius 2 is 1.89 bits per heavy atom. The second-order valence-electron chi connectivity index (χ2n) is 7.51. The number of rotatable bonds is 0. The van der Waals surface area contributed by atoms with Crippen LogP contribution in [0.5, 0.6) is 0 Å². The molecular weight excluding hydrogens is 216 g/mol. The summed E-state index contributed by atoms with van der Waals surface area (Å²) in [5.74, 6) is 0.869. The topological polar surface area (TPSA) is 0 Å². The fourth-order valence-corrected chi connectivity index (χ4v) is 4.89. The van der Waals surface area contributed by atoms with Crippen LogP contribution in [0.15, 0.2) is 18.2 Å². The second-order valence-corrected chi connectivity index (χ2v) is 7.51. The van der Waals surface area contributed by atoms with Gasteiger partial charge in [-0.15, -0.1) is 0 Å². The van der Waals surface area contributed by atoms with Crippen molar-refractivity contribution in [3.05, 3.63) is 34.9 Å². The van der Waals surface area contributed by atoms with Crippen molar-refractivity contribution in [2.24, 2.45) is 11.3 Å². The van der Waals surface area contributed by atoms with Crippen LogP contribution < -0.4 is 0 Å². The molecule has 0 aromatic heterocycles. The fourth-order valence-electron chi connectivity index (χ4n) is 4.89. The van der Waals surface area contributed by atoms with Crippen molar-refractivity contribution in [1.82, 2.24) is 0 Å². The highest BCUT2D eigenvalue weighted by Crippen LogP contribution is 2.56. The molecule has 0 N–H and O–H groups in total. The lowest BCUT2D eigenvalue weighted by atomic mass is 9.50. The zero-order valence-corrected chi connectivity index (χ0v) is 12.3. The van der Waals surface area contributed by atoms with Gasteiger partial charge in [0.25, 0.3) is 0 Å². The van der Waals surface area contributed by atoms with E-state index in [1.807, 2.05) is 0 Å². The Balaban J connectivity index is 2.13. The van der Waals surface area contributed by atoms with E-state index in [2.05, 4.69) is 45.9 Å². The predicted octanol–water partition coefficient (Wildman–Crippen LogP) is 5.03. The Morgan fingerprint density at radius 1 is 1.11 bits per heavy atom. The maximum Gasteiger partial charge on any atom is -0.00390 e. The number of benzene rings is 1. The molecule has 0 amide bonds. The molecule has 0 nitrogen and oxygen atoms in total. The summed E-state index contributed by atoms with van der Waals surface area (Å²) in [6, 6.07) is 7.15. The maximum absolute atomic E-state index is 2.54. The zero-order valence-electron chi connectivity index (χ0n) is 12.3. The van der Waals surface area contributed by atoms with Gasteiger partial charge in [0.2, 0.25) is 0 Å². The van der Waals surface area contributed by atoms with Crippen LogP contribution in [0, 0.1) is 18.3 Å². The molecule has 2 atom stereocenters. The molecule has 0 heterocycles. The molecular formula is C18H26. The van der Waals surface area contributed by atoms with Gasteiger partial charge in [-0.05, 0) is 60.5 Å². The number of fused-ring (bicyclic) bond motifs is 3. The molecule has 0 spiro atoms. The van der Waals surface area contributed by atoms with Gasteiger partial charge in [0.15, 0.2) is 0 Å². The first-order valence-corrected chi connectivity index (χ1v) is 7.53. The third-order valence-corrected chi connectivity index (χ3v) is 5.81. The van der Waals surface area contributed by atoms with Crippen LogP contribution in [0.2, 0.25) is 0 Å². The third-order valence-electron chi connectivity index (χ3n) is 5.81. The van der Waals surface area contributed by atoms with Gasteiger partial charge in [0, 0.05) is 0 Å². The van der Waals surface area contributed by atoms with Crippen LogP contribution in [0.4, 0.5) is 0 Å².